The molecule has 0 aliphatic heterocycles. The molecule has 0 heterocycles. The third-order valence-electron chi connectivity index (χ3n) is 20.4. The van der Waals surface area contributed by atoms with Crippen molar-refractivity contribution in [1.82, 2.24) is 0 Å². The quantitative estimate of drug-likeness (QED) is 0.163. The molecular weight excluding hydrogens is 821 g/mol. The van der Waals surface area contributed by atoms with Crippen LogP contribution in [0.25, 0.3) is 0 Å². The van der Waals surface area contributed by atoms with Crippen molar-refractivity contribution in [2.75, 3.05) is 0 Å². The van der Waals surface area contributed by atoms with E-state index in [1.165, 1.54) is 55.6 Å². The first kappa shape index (κ1) is 49.0. The van der Waals surface area contributed by atoms with Crippen LogP contribution in [0.1, 0.15) is 252 Å². The molecule has 0 spiro atoms. The fraction of sp³-hybridized carbons (Fsp3) is 0.545. The fourth-order valence-electron chi connectivity index (χ4n) is 16.9. The molecule has 5 aromatic rings. The van der Waals surface area contributed by atoms with Gasteiger partial charge in [0.25, 0.3) is 0 Å². The molecule has 2 heteroatoms. The topological polar surface area (TPSA) is 52.0 Å². The van der Waals surface area contributed by atoms with Gasteiger partial charge >= 0.3 is 0 Å². The first-order valence-electron chi connectivity index (χ1n) is 26.4. The molecule has 4 aliphatic carbocycles. The van der Waals surface area contributed by atoms with Crippen molar-refractivity contribution in [3.05, 3.63) is 175 Å². The van der Waals surface area contributed by atoms with Gasteiger partial charge in [0.15, 0.2) is 0 Å². The Hall–Kier alpha value is -3.98. The Morgan fingerprint density at radius 1 is 0.456 bits per heavy atom. The third kappa shape index (κ3) is 6.82. The van der Waals surface area contributed by atoms with Crippen LogP contribution < -0.4 is 11.5 Å². The summed E-state index contributed by atoms with van der Waals surface area (Å²) in [5.41, 5.74) is 32.9. The van der Waals surface area contributed by atoms with Gasteiger partial charge in [0.1, 0.15) is 0 Å². The second-order valence-corrected chi connectivity index (χ2v) is 28.0. The highest BCUT2D eigenvalue weighted by molar-refractivity contribution is 5.62. The predicted molar refractivity (Wildman–Crippen MR) is 291 cm³/mol. The Morgan fingerprint density at radius 3 is 1.50 bits per heavy atom. The van der Waals surface area contributed by atoms with Crippen molar-refractivity contribution in [2.24, 2.45) is 17.4 Å². The standard InChI is InChI=1S/C66H88N2/c1-38-47-29-27-44(36-51(47)61(10,11)54(38)41-23-21-25-45(33-41)64(16,17)67)63(14,15)66(20)37-58(4,5)52-35-43(28-31-49(52)66)59(6,7)57-39(2)48-30-32-50-53(56(48)62(57,12)13)40(3)55(60(50,8)9)42-24-22-26-46(34-42)65(18,19)68/h21-36,38-40,54-55,57H,37,67-68H2,1-20H3. The summed E-state index contributed by atoms with van der Waals surface area (Å²) in [6.07, 6.45) is 1.11. The monoisotopic (exact) mass is 909 g/mol. The maximum absolute atomic E-state index is 6.70. The van der Waals surface area contributed by atoms with E-state index >= 15 is 0 Å². The third-order valence-corrected chi connectivity index (χ3v) is 20.4. The van der Waals surface area contributed by atoms with E-state index in [2.05, 4.69) is 236 Å². The van der Waals surface area contributed by atoms with Gasteiger partial charge in [0.05, 0.1) is 0 Å². The lowest BCUT2D eigenvalue weighted by molar-refractivity contribution is 0.193. The summed E-state index contributed by atoms with van der Waals surface area (Å²) in [5, 5.41) is 0. The molecule has 0 bridgehead atoms. The molecule has 7 unspecified atom stereocenters. The first-order chi connectivity index (χ1) is 31.1. The number of hydrogen-bond donors (Lipinski definition) is 2. The van der Waals surface area contributed by atoms with E-state index < -0.39 is 0 Å². The molecule has 362 valence electrons. The molecule has 0 fully saturated rings. The summed E-state index contributed by atoms with van der Waals surface area (Å²) in [6.45, 7) is 48.9. The average molecular weight is 909 g/mol. The molecule has 0 radical (unpaired) electrons. The molecule has 68 heavy (non-hydrogen) atoms. The van der Waals surface area contributed by atoms with Crippen LogP contribution in [-0.4, -0.2) is 0 Å². The van der Waals surface area contributed by atoms with Crippen LogP contribution in [0.4, 0.5) is 0 Å². The van der Waals surface area contributed by atoms with Crippen LogP contribution >= 0.6 is 0 Å². The lowest BCUT2D eigenvalue weighted by Crippen LogP contribution is -2.42. The molecule has 5 aromatic carbocycles. The van der Waals surface area contributed by atoms with Gasteiger partial charge in [-0.1, -0.05) is 208 Å². The second kappa shape index (κ2) is 15.0. The molecule has 9 rings (SSSR count). The highest BCUT2D eigenvalue weighted by Gasteiger charge is 2.58. The first-order valence-corrected chi connectivity index (χ1v) is 26.4. The number of fused-ring (bicyclic) bond motifs is 5. The van der Waals surface area contributed by atoms with E-state index in [4.69, 9.17) is 11.5 Å². The lowest BCUT2D eigenvalue weighted by Gasteiger charge is -2.45. The molecule has 0 amide bonds. The van der Waals surface area contributed by atoms with Crippen LogP contribution in [0.15, 0.2) is 97.1 Å². The van der Waals surface area contributed by atoms with Gasteiger partial charge < -0.3 is 11.5 Å². The summed E-state index contributed by atoms with van der Waals surface area (Å²) >= 11 is 0. The maximum atomic E-state index is 6.70. The van der Waals surface area contributed by atoms with E-state index in [0.29, 0.717) is 35.5 Å². The number of rotatable bonds is 8. The Morgan fingerprint density at radius 2 is 0.941 bits per heavy atom. The minimum absolute atomic E-state index is 0.00820. The molecule has 4 aliphatic rings. The van der Waals surface area contributed by atoms with Gasteiger partial charge in [0, 0.05) is 16.5 Å². The van der Waals surface area contributed by atoms with Crippen molar-refractivity contribution in [3.8, 4) is 0 Å². The van der Waals surface area contributed by atoms with Gasteiger partial charge in [-0.2, -0.15) is 0 Å². The molecule has 0 saturated carbocycles. The summed E-state index contributed by atoms with van der Waals surface area (Å²) in [6, 6.07) is 38.8. The summed E-state index contributed by atoms with van der Waals surface area (Å²) in [5.74, 6) is 2.40. The predicted octanol–water partition coefficient (Wildman–Crippen LogP) is 16.3. The highest BCUT2D eigenvalue weighted by Crippen LogP contribution is 2.66. The molecule has 2 nitrogen and oxygen atoms in total. The Bertz CT molecular complexity index is 2830. The van der Waals surface area contributed by atoms with Crippen molar-refractivity contribution in [2.45, 2.75) is 223 Å². The van der Waals surface area contributed by atoms with Crippen molar-refractivity contribution in [3.63, 3.8) is 0 Å². The molecule has 7 atom stereocenters. The molecule has 4 N–H and O–H groups in total. The van der Waals surface area contributed by atoms with Crippen molar-refractivity contribution >= 4 is 0 Å². The SMILES string of the molecule is CC1c2ccc(C(C)(C)C3(C)CC(C)(C)c4cc(C(C)(C)C5C(C)c6ccc7c(c6C5(C)C)C(C)C(c5cccc(C(C)(C)N)c5)C7(C)C)ccc43)cc2C(C)(C)C1c1cccc(C(C)(C)N)c1. The van der Waals surface area contributed by atoms with Gasteiger partial charge in [-0.15, -0.1) is 0 Å². The largest absolute Gasteiger partial charge is 0.322 e. The van der Waals surface area contributed by atoms with E-state index in [9.17, 15) is 0 Å². The summed E-state index contributed by atoms with van der Waals surface area (Å²) in [7, 11) is 0. The van der Waals surface area contributed by atoms with E-state index in [1.54, 1.807) is 22.3 Å². The highest BCUT2D eigenvalue weighted by atomic mass is 14.7. The van der Waals surface area contributed by atoms with Gasteiger partial charge in [-0.3, -0.25) is 0 Å². The molecule has 0 saturated heterocycles. The Labute approximate surface area is 413 Å². The van der Waals surface area contributed by atoms with Crippen molar-refractivity contribution in [1.29, 1.82) is 0 Å². The van der Waals surface area contributed by atoms with E-state index in [0.717, 1.165) is 6.42 Å². The Kier molecular flexibility index (Phi) is 10.8. The summed E-state index contributed by atoms with van der Waals surface area (Å²) in [4.78, 5) is 0. The van der Waals surface area contributed by atoms with E-state index in [1.807, 2.05) is 0 Å². The Balaban J connectivity index is 1.06. The number of hydrogen-bond acceptors (Lipinski definition) is 2. The van der Waals surface area contributed by atoms with Gasteiger partial charge in [-0.05, 0) is 180 Å². The average Bonchev–Trinajstić information content (AvgIpc) is 3.77. The number of nitrogens with two attached hydrogens (primary N) is 2. The zero-order chi connectivity index (χ0) is 50.1. The smallest absolute Gasteiger partial charge is 0.0352 e. The summed E-state index contributed by atoms with van der Waals surface area (Å²) < 4.78 is 0. The van der Waals surface area contributed by atoms with Crippen LogP contribution in [0, 0.1) is 5.92 Å². The fourth-order valence-corrected chi connectivity index (χ4v) is 16.9. The minimum atomic E-state index is -0.381. The normalized spacial score (nSPS) is 27.7. The van der Waals surface area contributed by atoms with Crippen LogP contribution in [0.3, 0.4) is 0 Å². The van der Waals surface area contributed by atoms with Crippen LogP contribution in [0.5, 0.6) is 0 Å². The molecule has 0 aromatic heterocycles. The van der Waals surface area contributed by atoms with Crippen LogP contribution in [-0.2, 0) is 49.0 Å². The molecular formula is C66H88N2. The second-order valence-electron chi connectivity index (χ2n) is 28.0. The van der Waals surface area contributed by atoms with Gasteiger partial charge in [0.2, 0.25) is 0 Å². The van der Waals surface area contributed by atoms with Gasteiger partial charge in [-0.25, -0.2) is 0 Å². The zero-order valence-electron chi connectivity index (χ0n) is 46.1. The van der Waals surface area contributed by atoms with E-state index in [-0.39, 0.29) is 49.0 Å². The van der Waals surface area contributed by atoms with Crippen LogP contribution in [0.2, 0.25) is 0 Å². The zero-order valence-corrected chi connectivity index (χ0v) is 46.1. The maximum Gasteiger partial charge on any atom is 0.0352 e. The number of benzene rings is 5. The minimum Gasteiger partial charge on any atom is -0.322 e. The van der Waals surface area contributed by atoms with Crippen molar-refractivity contribution < 1.29 is 0 Å². The lowest BCUT2D eigenvalue weighted by atomic mass is 9.58.